The van der Waals surface area contributed by atoms with Gasteiger partial charge in [-0.3, -0.25) is 4.99 Å². The van der Waals surface area contributed by atoms with Crippen molar-refractivity contribution in [1.29, 1.82) is 0 Å². The number of rotatable bonds is 10. The number of guanidine groups is 1. The van der Waals surface area contributed by atoms with Crippen LogP contribution >= 0.6 is 24.0 Å². The number of halogens is 1. The van der Waals surface area contributed by atoms with Crippen LogP contribution in [0.1, 0.15) is 32.6 Å². The Kier molecular flexibility index (Phi) is 12.8. The van der Waals surface area contributed by atoms with E-state index in [0.29, 0.717) is 23.9 Å². The predicted molar refractivity (Wildman–Crippen MR) is 128 cm³/mol. The smallest absolute Gasteiger partial charge is 0.243 e. The number of benzene rings is 1. The molecule has 1 saturated heterocycles. The highest BCUT2D eigenvalue weighted by Gasteiger charge is 2.29. The van der Waals surface area contributed by atoms with E-state index in [1.807, 2.05) is 13.0 Å². The van der Waals surface area contributed by atoms with Crippen LogP contribution in [-0.2, 0) is 14.8 Å². The second-order valence-corrected chi connectivity index (χ2v) is 8.88. The molecule has 0 amide bonds. The molecular formula is C20H35IN4O3S. The Balaban J connectivity index is 0.00000420. The van der Waals surface area contributed by atoms with Crippen LogP contribution in [0.3, 0.4) is 0 Å². The Morgan fingerprint density at radius 1 is 1.17 bits per heavy atom. The Hall–Kier alpha value is -0.910. The number of sulfonamides is 1. The standard InChI is InChI=1S/C20H34N4O3S.HI/c1-3-27-16-8-7-13-22-20(21-2)23-17-18-11-14-24(15-12-18)28(25,26)19-9-5-4-6-10-19;/h4-6,9-10,18H,3,7-8,11-17H2,1-2H3,(H2,21,22,23);1H. The molecule has 29 heavy (non-hydrogen) atoms. The van der Waals surface area contributed by atoms with Gasteiger partial charge < -0.3 is 15.4 Å². The number of unbranched alkanes of at least 4 members (excludes halogenated alkanes) is 1. The molecule has 0 atom stereocenters. The van der Waals surface area contributed by atoms with Crippen molar-refractivity contribution in [2.75, 3.05) is 46.4 Å². The second kappa shape index (κ2) is 14.2. The molecule has 1 heterocycles. The van der Waals surface area contributed by atoms with Gasteiger partial charge in [-0.1, -0.05) is 18.2 Å². The first-order valence-electron chi connectivity index (χ1n) is 10.2. The Morgan fingerprint density at radius 3 is 2.48 bits per heavy atom. The van der Waals surface area contributed by atoms with Crippen LogP contribution < -0.4 is 10.6 Å². The first-order chi connectivity index (χ1) is 13.6. The van der Waals surface area contributed by atoms with Gasteiger partial charge in [0.1, 0.15) is 0 Å². The molecule has 0 saturated carbocycles. The van der Waals surface area contributed by atoms with Crippen molar-refractivity contribution in [3.63, 3.8) is 0 Å². The number of hydrogen-bond acceptors (Lipinski definition) is 4. The number of aliphatic imine (C=N–C) groups is 1. The van der Waals surface area contributed by atoms with Crippen LogP contribution in [-0.4, -0.2) is 65.1 Å². The summed E-state index contributed by atoms with van der Waals surface area (Å²) < 4.78 is 32.3. The first-order valence-corrected chi connectivity index (χ1v) is 11.6. The second-order valence-electron chi connectivity index (χ2n) is 6.94. The molecule has 0 aliphatic carbocycles. The normalized spacial score (nSPS) is 16.3. The van der Waals surface area contributed by atoms with E-state index in [2.05, 4.69) is 15.6 Å². The number of piperidine rings is 1. The molecule has 1 aromatic carbocycles. The van der Waals surface area contributed by atoms with E-state index in [4.69, 9.17) is 4.74 Å². The average molecular weight is 538 g/mol. The lowest BCUT2D eigenvalue weighted by molar-refractivity contribution is 0.143. The summed E-state index contributed by atoms with van der Waals surface area (Å²) in [5.41, 5.74) is 0. The van der Waals surface area contributed by atoms with Gasteiger partial charge in [-0.05, 0) is 50.7 Å². The minimum Gasteiger partial charge on any atom is -0.382 e. The number of ether oxygens (including phenoxy) is 1. The highest BCUT2D eigenvalue weighted by atomic mass is 127. The molecule has 0 spiro atoms. The molecule has 2 N–H and O–H groups in total. The summed E-state index contributed by atoms with van der Waals surface area (Å²) in [7, 11) is -1.61. The molecule has 7 nitrogen and oxygen atoms in total. The summed E-state index contributed by atoms with van der Waals surface area (Å²) >= 11 is 0. The quantitative estimate of drug-likeness (QED) is 0.207. The van der Waals surface area contributed by atoms with Crippen LogP contribution in [0.2, 0.25) is 0 Å². The fourth-order valence-corrected chi connectivity index (χ4v) is 4.73. The molecule has 2 rings (SSSR count). The topological polar surface area (TPSA) is 83.0 Å². The monoisotopic (exact) mass is 538 g/mol. The van der Waals surface area contributed by atoms with Crippen molar-refractivity contribution in [1.82, 2.24) is 14.9 Å². The van der Waals surface area contributed by atoms with Crippen molar-refractivity contribution >= 4 is 40.0 Å². The van der Waals surface area contributed by atoms with Crippen molar-refractivity contribution in [3.05, 3.63) is 30.3 Å². The van der Waals surface area contributed by atoms with E-state index in [9.17, 15) is 8.42 Å². The summed E-state index contributed by atoms with van der Waals surface area (Å²) in [6, 6.07) is 8.68. The van der Waals surface area contributed by atoms with Crippen molar-refractivity contribution in [3.8, 4) is 0 Å². The molecule has 0 radical (unpaired) electrons. The van der Waals surface area contributed by atoms with Gasteiger partial charge in [0.25, 0.3) is 0 Å². The van der Waals surface area contributed by atoms with Crippen LogP contribution in [0.15, 0.2) is 40.2 Å². The fourth-order valence-electron chi connectivity index (χ4n) is 3.24. The summed E-state index contributed by atoms with van der Waals surface area (Å²) in [5, 5.41) is 6.68. The molecule has 1 aliphatic rings. The van der Waals surface area contributed by atoms with Gasteiger partial charge in [0.15, 0.2) is 5.96 Å². The molecule has 0 unspecified atom stereocenters. The lowest BCUT2D eigenvalue weighted by Gasteiger charge is -2.31. The maximum atomic E-state index is 12.7. The van der Waals surface area contributed by atoms with E-state index in [0.717, 1.165) is 57.9 Å². The number of hydrogen-bond donors (Lipinski definition) is 2. The van der Waals surface area contributed by atoms with E-state index in [-0.39, 0.29) is 24.0 Å². The lowest BCUT2D eigenvalue weighted by atomic mass is 9.98. The van der Waals surface area contributed by atoms with Gasteiger partial charge >= 0.3 is 0 Å². The van der Waals surface area contributed by atoms with E-state index >= 15 is 0 Å². The molecule has 0 aromatic heterocycles. The molecule has 166 valence electrons. The van der Waals surface area contributed by atoms with Crippen LogP contribution in [0.25, 0.3) is 0 Å². The van der Waals surface area contributed by atoms with Gasteiger partial charge in [0.2, 0.25) is 10.0 Å². The van der Waals surface area contributed by atoms with Gasteiger partial charge in [-0.15, -0.1) is 24.0 Å². The maximum Gasteiger partial charge on any atom is 0.243 e. The molecule has 1 aliphatic heterocycles. The van der Waals surface area contributed by atoms with Crippen LogP contribution in [0.4, 0.5) is 0 Å². The molecule has 1 aromatic rings. The number of nitrogens with one attached hydrogen (secondary N) is 2. The van der Waals surface area contributed by atoms with Crippen molar-refractivity contribution in [2.24, 2.45) is 10.9 Å². The molecule has 1 fully saturated rings. The van der Waals surface area contributed by atoms with Gasteiger partial charge in [-0.2, -0.15) is 4.31 Å². The van der Waals surface area contributed by atoms with Gasteiger partial charge in [-0.25, -0.2) is 8.42 Å². The number of nitrogens with zero attached hydrogens (tertiary/aromatic N) is 2. The molecule has 9 heteroatoms. The summed E-state index contributed by atoms with van der Waals surface area (Å²) in [5.74, 6) is 1.24. The summed E-state index contributed by atoms with van der Waals surface area (Å²) in [4.78, 5) is 4.63. The lowest BCUT2D eigenvalue weighted by Crippen LogP contribution is -2.44. The van der Waals surface area contributed by atoms with E-state index in [1.54, 1.807) is 35.6 Å². The third kappa shape index (κ3) is 8.77. The van der Waals surface area contributed by atoms with Gasteiger partial charge in [0.05, 0.1) is 4.90 Å². The zero-order chi connectivity index (χ0) is 20.2. The van der Waals surface area contributed by atoms with E-state index in [1.165, 1.54) is 0 Å². The Labute approximate surface area is 192 Å². The third-order valence-corrected chi connectivity index (χ3v) is 6.86. The highest BCUT2D eigenvalue weighted by molar-refractivity contribution is 14.0. The summed E-state index contributed by atoms with van der Waals surface area (Å²) in [6.45, 7) is 6.36. The van der Waals surface area contributed by atoms with Crippen LogP contribution in [0.5, 0.6) is 0 Å². The Morgan fingerprint density at radius 2 is 1.86 bits per heavy atom. The molecular weight excluding hydrogens is 503 g/mol. The molecule has 0 bridgehead atoms. The fraction of sp³-hybridized carbons (Fsp3) is 0.650. The third-order valence-electron chi connectivity index (χ3n) is 4.95. The SMILES string of the molecule is CCOCCCCNC(=NC)NCC1CCN(S(=O)(=O)c2ccccc2)CC1.I. The van der Waals surface area contributed by atoms with Gasteiger partial charge in [0, 0.05) is 46.4 Å². The zero-order valence-corrected chi connectivity index (χ0v) is 20.6. The predicted octanol–water partition coefficient (Wildman–Crippen LogP) is 2.69. The summed E-state index contributed by atoms with van der Waals surface area (Å²) in [6.07, 6.45) is 3.78. The highest BCUT2D eigenvalue weighted by Crippen LogP contribution is 2.23. The minimum atomic E-state index is -3.38. The maximum absolute atomic E-state index is 12.7. The van der Waals surface area contributed by atoms with Crippen molar-refractivity contribution < 1.29 is 13.2 Å². The van der Waals surface area contributed by atoms with Crippen molar-refractivity contribution in [2.45, 2.75) is 37.5 Å². The first kappa shape index (κ1) is 26.1. The van der Waals surface area contributed by atoms with Crippen LogP contribution in [0, 0.1) is 5.92 Å². The van der Waals surface area contributed by atoms with E-state index < -0.39 is 10.0 Å². The minimum absolute atomic E-state index is 0. The largest absolute Gasteiger partial charge is 0.382 e. The zero-order valence-electron chi connectivity index (χ0n) is 17.5. The Bertz CT molecular complexity index is 693. The average Bonchev–Trinajstić information content (AvgIpc) is 2.73.